The molecule has 3 rings (SSSR count). The van der Waals surface area contributed by atoms with E-state index in [2.05, 4.69) is 15.3 Å². The molecule has 1 aromatic heterocycles. The van der Waals surface area contributed by atoms with Gasteiger partial charge in [-0.1, -0.05) is 0 Å². The fourth-order valence-corrected chi connectivity index (χ4v) is 3.96. The van der Waals surface area contributed by atoms with Crippen molar-refractivity contribution in [1.82, 2.24) is 15.3 Å². The highest BCUT2D eigenvalue weighted by Crippen LogP contribution is 2.29. The van der Waals surface area contributed by atoms with Gasteiger partial charge < -0.3 is 14.3 Å². The number of hydrogen-bond acceptors (Lipinski definition) is 7. The lowest BCUT2D eigenvalue weighted by Gasteiger charge is -2.12. The van der Waals surface area contributed by atoms with Crippen LogP contribution in [0.4, 0.5) is 5.69 Å². The second-order valence-corrected chi connectivity index (χ2v) is 7.72. The third-order valence-electron chi connectivity index (χ3n) is 4.24. The Morgan fingerprint density at radius 2 is 2.11 bits per heavy atom. The number of ether oxygens (including phenoxy) is 2. The first-order valence-electron chi connectivity index (χ1n) is 8.23. The maximum atomic E-state index is 12.8. The lowest BCUT2D eigenvalue weighted by atomic mass is 10.1. The molecule has 9 nitrogen and oxygen atoms in total. The standard InChI is InChI=1S/C17H22N4O5S/c1-11-15(12(2)26-19-11)10-21-9-13(8-18-21)20-27(22,23)17-7-14(24-3)5-6-16(17)25-4/h5-9,11,19-20H,10H2,1-4H3. The summed E-state index contributed by atoms with van der Waals surface area (Å²) >= 11 is 0. The molecule has 1 aliphatic rings. The van der Waals surface area contributed by atoms with Crippen LogP contribution >= 0.6 is 0 Å². The predicted molar refractivity (Wildman–Crippen MR) is 99.0 cm³/mol. The number of allylic oxidation sites excluding steroid dienone is 1. The summed E-state index contributed by atoms with van der Waals surface area (Å²) in [7, 11) is -1.00. The molecule has 1 atom stereocenters. The summed E-state index contributed by atoms with van der Waals surface area (Å²) < 4.78 is 40.0. The molecule has 146 valence electrons. The molecule has 27 heavy (non-hydrogen) atoms. The molecule has 0 saturated carbocycles. The predicted octanol–water partition coefficient (Wildman–Crippen LogP) is 1.90. The Hall–Kier alpha value is -2.72. The molecular weight excluding hydrogens is 372 g/mol. The molecule has 0 bridgehead atoms. The Balaban J connectivity index is 1.81. The van der Waals surface area contributed by atoms with Crippen LogP contribution in [0, 0.1) is 0 Å². The average molecular weight is 394 g/mol. The van der Waals surface area contributed by atoms with E-state index in [1.54, 1.807) is 23.0 Å². The van der Waals surface area contributed by atoms with E-state index in [1.165, 1.54) is 26.5 Å². The zero-order valence-electron chi connectivity index (χ0n) is 15.5. The largest absolute Gasteiger partial charge is 0.497 e. The first-order chi connectivity index (χ1) is 12.8. The van der Waals surface area contributed by atoms with Crippen LogP contribution in [0.15, 0.2) is 46.8 Å². The fourth-order valence-electron chi connectivity index (χ4n) is 2.75. The summed E-state index contributed by atoms with van der Waals surface area (Å²) in [4.78, 5) is 5.28. The van der Waals surface area contributed by atoms with Gasteiger partial charge in [0.15, 0.2) is 0 Å². The van der Waals surface area contributed by atoms with Crippen LogP contribution in [-0.2, 0) is 21.4 Å². The Kier molecular flexibility index (Phi) is 5.29. The Bertz CT molecular complexity index is 967. The topological polar surface area (TPSA) is 104 Å². The summed E-state index contributed by atoms with van der Waals surface area (Å²) in [6.07, 6.45) is 3.07. The van der Waals surface area contributed by atoms with Crippen molar-refractivity contribution in [3.63, 3.8) is 0 Å². The van der Waals surface area contributed by atoms with Crippen LogP contribution in [0.5, 0.6) is 11.5 Å². The maximum Gasteiger partial charge on any atom is 0.265 e. The third kappa shape index (κ3) is 4.01. The maximum absolute atomic E-state index is 12.8. The molecule has 0 spiro atoms. The molecule has 1 unspecified atom stereocenters. The van der Waals surface area contributed by atoms with E-state index < -0.39 is 10.0 Å². The monoisotopic (exact) mass is 394 g/mol. The zero-order chi connectivity index (χ0) is 19.6. The van der Waals surface area contributed by atoms with E-state index in [0.717, 1.165) is 11.3 Å². The van der Waals surface area contributed by atoms with Gasteiger partial charge >= 0.3 is 0 Å². The molecule has 2 heterocycles. The minimum absolute atomic E-state index is 0.0160. The number of benzene rings is 1. The van der Waals surface area contributed by atoms with Gasteiger partial charge in [0.1, 0.15) is 22.2 Å². The third-order valence-corrected chi connectivity index (χ3v) is 5.64. The average Bonchev–Trinajstić information content (AvgIpc) is 3.22. The van der Waals surface area contributed by atoms with Crippen LogP contribution in [-0.4, -0.2) is 38.5 Å². The van der Waals surface area contributed by atoms with Crippen molar-refractivity contribution in [3.8, 4) is 11.5 Å². The van der Waals surface area contributed by atoms with Gasteiger partial charge in [-0.05, 0) is 26.0 Å². The van der Waals surface area contributed by atoms with E-state index in [0.29, 0.717) is 18.0 Å². The number of sulfonamides is 1. The zero-order valence-corrected chi connectivity index (χ0v) is 16.3. The molecule has 0 saturated heterocycles. The van der Waals surface area contributed by atoms with Gasteiger partial charge in [0.05, 0.1) is 38.7 Å². The van der Waals surface area contributed by atoms with Gasteiger partial charge in [-0.25, -0.2) is 8.42 Å². The Labute approximate surface area is 157 Å². The molecule has 0 aliphatic carbocycles. The van der Waals surface area contributed by atoms with Crippen molar-refractivity contribution in [2.75, 3.05) is 18.9 Å². The van der Waals surface area contributed by atoms with Gasteiger partial charge in [-0.2, -0.15) is 10.6 Å². The van der Waals surface area contributed by atoms with E-state index in [1.807, 2.05) is 13.8 Å². The van der Waals surface area contributed by atoms with E-state index >= 15 is 0 Å². The van der Waals surface area contributed by atoms with Crippen molar-refractivity contribution >= 4 is 15.7 Å². The van der Waals surface area contributed by atoms with Crippen molar-refractivity contribution in [1.29, 1.82) is 0 Å². The fraction of sp³-hybridized carbons (Fsp3) is 0.353. The van der Waals surface area contributed by atoms with Gasteiger partial charge in [0.25, 0.3) is 10.0 Å². The molecule has 1 aliphatic heterocycles. The highest BCUT2D eigenvalue weighted by molar-refractivity contribution is 7.92. The second kappa shape index (κ2) is 7.49. The molecular formula is C17H22N4O5S. The quantitative estimate of drug-likeness (QED) is 0.739. The summed E-state index contributed by atoms with van der Waals surface area (Å²) in [6.45, 7) is 4.34. The molecule has 1 aromatic carbocycles. The van der Waals surface area contributed by atoms with Crippen molar-refractivity contribution in [2.45, 2.75) is 31.3 Å². The number of nitrogens with one attached hydrogen (secondary N) is 2. The number of hydrogen-bond donors (Lipinski definition) is 2. The van der Waals surface area contributed by atoms with Crippen molar-refractivity contribution < 1.29 is 22.7 Å². The van der Waals surface area contributed by atoms with Gasteiger partial charge in [0, 0.05) is 17.8 Å². The Morgan fingerprint density at radius 3 is 2.74 bits per heavy atom. The van der Waals surface area contributed by atoms with E-state index in [4.69, 9.17) is 14.3 Å². The van der Waals surface area contributed by atoms with E-state index in [-0.39, 0.29) is 16.7 Å². The number of hydroxylamine groups is 1. The van der Waals surface area contributed by atoms with Crippen LogP contribution in [0.2, 0.25) is 0 Å². The van der Waals surface area contributed by atoms with Gasteiger partial charge in [0.2, 0.25) is 0 Å². The lowest BCUT2D eigenvalue weighted by Crippen LogP contribution is -2.21. The Morgan fingerprint density at radius 1 is 1.33 bits per heavy atom. The van der Waals surface area contributed by atoms with E-state index in [9.17, 15) is 8.42 Å². The van der Waals surface area contributed by atoms with Crippen molar-refractivity contribution in [3.05, 3.63) is 41.9 Å². The van der Waals surface area contributed by atoms with Crippen LogP contribution < -0.4 is 19.7 Å². The highest BCUT2D eigenvalue weighted by Gasteiger charge is 2.23. The number of nitrogens with zero attached hydrogens (tertiary/aromatic N) is 2. The number of anilines is 1. The van der Waals surface area contributed by atoms with Crippen LogP contribution in [0.1, 0.15) is 13.8 Å². The van der Waals surface area contributed by atoms with Crippen LogP contribution in [0.3, 0.4) is 0 Å². The molecule has 0 fully saturated rings. The van der Waals surface area contributed by atoms with Crippen molar-refractivity contribution in [2.24, 2.45) is 0 Å². The molecule has 10 heteroatoms. The van der Waals surface area contributed by atoms with Gasteiger partial charge in [-0.15, -0.1) is 0 Å². The normalized spacial score (nSPS) is 17.0. The summed E-state index contributed by atoms with van der Waals surface area (Å²) in [5, 5.41) is 4.22. The second-order valence-electron chi connectivity index (χ2n) is 6.07. The van der Waals surface area contributed by atoms with Crippen LogP contribution in [0.25, 0.3) is 0 Å². The number of methoxy groups -OCH3 is 2. The SMILES string of the molecule is COc1ccc(OC)c(S(=O)(=O)Nc2cnn(CC3=C(C)ONC3C)c2)c1. The number of rotatable bonds is 7. The molecule has 0 amide bonds. The van der Waals surface area contributed by atoms with Gasteiger partial charge in [-0.3, -0.25) is 9.40 Å². The highest BCUT2D eigenvalue weighted by atomic mass is 32.2. The molecule has 2 aromatic rings. The molecule has 0 radical (unpaired) electrons. The minimum Gasteiger partial charge on any atom is -0.497 e. The molecule has 2 N–H and O–H groups in total. The summed E-state index contributed by atoms with van der Waals surface area (Å²) in [5.41, 5.74) is 4.27. The first kappa shape index (κ1) is 19.1. The first-order valence-corrected chi connectivity index (χ1v) is 9.71. The summed E-state index contributed by atoms with van der Waals surface area (Å²) in [6, 6.07) is 4.64. The minimum atomic E-state index is -3.88. The number of aromatic nitrogens is 2. The summed E-state index contributed by atoms with van der Waals surface area (Å²) in [5.74, 6) is 1.43. The smallest absolute Gasteiger partial charge is 0.265 e. The lowest BCUT2D eigenvalue weighted by molar-refractivity contribution is 0.121.